The predicted molar refractivity (Wildman–Crippen MR) is 56.1 cm³/mol. The van der Waals surface area contributed by atoms with Gasteiger partial charge in [-0.3, -0.25) is 4.79 Å². The molecule has 0 bridgehead atoms. The van der Waals surface area contributed by atoms with Gasteiger partial charge in [0.2, 0.25) is 5.91 Å². The highest BCUT2D eigenvalue weighted by Gasteiger charge is 2.30. The molecule has 76 valence electrons. The lowest BCUT2D eigenvalue weighted by Crippen LogP contribution is -2.34. The van der Waals surface area contributed by atoms with Crippen molar-refractivity contribution in [2.24, 2.45) is 5.73 Å². The fourth-order valence-corrected chi connectivity index (χ4v) is 1.74. The van der Waals surface area contributed by atoms with Crippen LogP contribution in [0.2, 0.25) is 0 Å². The minimum Gasteiger partial charge on any atom is -0.320 e. The number of carbonyl (C=O) groups is 1. The van der Waals surface area contributed by atoms with Crippen molar-refractivity contribution >= 4 is 11.6 Å². The quantitative estimate of drug-likeness (QED) is 0.724. The molecule has 0 spiro atoms. The van der Waals surface area contributed by atoms with E-state index in [1.165, 1.54) is 0 Å². The molecule has 4 nitrogen and oxygen atoms in total. The summed E-state index contributed by atoms with van der Waals surface area (Å²) in [5.74, 6) is -0.0994. The number of benzene rings is 1. The Balaban J connectivity index is 2.39. The molecule has 2 N–H and O–H groups in total. The van der Waals surface area contributed by atoms with Crippen LogP contribution in [0.3, 0.4) is 0 Å². The second kappa shape index (κ2) is 3.71. The van der Waals surface area contributed by atoms with Gasteiger partial charge in [-0.05, 0) is 18.6 Å². The molecule has 1 aromatic rings. The topological polar surface area (TPSA) is 70.1 Å². The van der Waals surface area contributed by atoms with Gasteiger partial charge in [0.25, 0.3) is 0 Å². The fraction of sp³-hybridized carbons (Fsp3) is 0.273. The van der Waals surface area contributed by atoms with Crippen molar-refractivity contribution in [3.05, 3.63) is 29.8 Å². The monoisotopic (exact) mass is 201 g/mol. The van der Waals surface area contributed by atoms with E-state index in [-0.39, 0.29) is 5.91 Å². The summed E-state index contributed by atoms with van der Waals surface area (Å²) < 4.78 is 0. The van der Waals surface area contributed by atoms with Crippen LogP contribution in [-0.4, -0.2) is 18.5 Å². The molecule has 1 fully saturated rings. The second-order valence-electron chi connectivity index (χ2n) is 3.51. The van der Waals surface area contributed by atoms with E-state index < -0.39 is 6.04 Å². The van der Waals surface area contributed by atoms with Gasteiger partial charge in [0.05, 0.1) is 17.3 Å². The highest BCUT2D eigenvalue weighted by atomic mass is 16.2. The van der Waals surface area contributed by atoms with E-state index in [0.717, 1.165) is 0 Å². The molecule has 1 aliphatic heterocycles. The number of hydrogen-bond acceptors (Lipinski definition) is 3. The molecule has 1 saturated heterocycles. The molecule has 4 heteroatoms. The number of anilines is 1. The van der Waals surface area contributed by atoms with E-state index in [1.807, 2.05) is 6.07 Å². The summed E-state index contributed by atoms with van der Waals surface area (Å²) >= 11 is 0. The molecule has 1 aliphatic rings. The molecular formula is C11H11N3O. The Morgan fingerprint density at radius 1 is 1.47 bits per heavy atom. The van der Waals surface area contributed by atoms with Gasteiger partial charge >= 0.3 is 0 Å². The van der Waals surface area contributed by atoms with Crippen LogP contribution in [-0.2, 0) is 4.79 Å². The predicted octanol–water partition coefficient (Wildman–Crippen LogP) is 0.622. The van der Waals surface area contributed by atoms with Crippen LogP contribution >= 0.6 is 0 Å². The molecule has 0 saturated carbocycles. The molecule has 1 unspecified atom stereocenters. The van der Waals surface area contributed by atoms with E-state index in [2.05, 4.69) is 6.07 Å². The lowest BCUT2D eigenvalue weighted by Gasteiger charge is -2.17. The first kappa shape index (κ1) is 9.69. The van der Waals surface area contributed by atoms with Gasteiger partial charge in [-0.2, -0.15) is 5.26 Å². The van der Waals surface area contributed by atoms with Crippen LogP contribution < -0.4 is 10.6 Å². The van der Waals surface area contributed by atoms with E-state index in [9.17, 15) is 4.79 Å². The minimum atomic E-state index is -0.420. The number of para-hydroxylation sites is 1. The highest BCUT2D eigenvalue weighted by Crippen LogP contribution is 2.24. The van der Waals surface area contributed by atoms with Crippen molar-refractivity contribution in [2.45, 2.75) is 12.5 Å². The van der Waals surface area contributed by atoms with Gasteiger partial charge in [-0.15, -0.1) is 0 Å². The van der Waals surface area contributed by atoms with Crippen LogP contribution in [0.5, 0.6) is 0 Å². The number of nitrogens with zero attached hydrogens (tertiary/aromatic N) is 2. The Labute approximate surface area is 87.9 Å². The van der Waals surface area contributed by atoms with Crippen LogP contribution in [0.4, 0.5) is 5.69 Å². The molecule has 0 radical (unpaired) electrons. The zero-order valence-corrected chi connectivity index (χ0v) is 8.18. The van der Waals surface area contributed by atoms with Crippen molar-refractivity contribution in [3.63, 3.8) is 0 Å². The average Bonchev–Trinajstić information content (AvgIpc) is 2.60. The summed E-state index contributed by atoms with van der Waals surface area (Å²) in [6, 6.07) is 8.72. The van der Waals surface area contributed by atoms with Gasteiger partial charge in [0, 0.05) is 6.54 Å². The summed E-state index contributed by atoms with van der Waals surface area (Å²) in [5, 5.41) is 8.91. The number of hydrogen-bond donors (Lipinski definition) is 1. The minimum absolute atomic E-state index is 0.0994. The first-order valence-electron chi connectivity index (χ1n) is 4.80. The van der Waals surface area contributed by atoms with Crippen LogP contribution in [0, 0.1) is 11.3 Å². The lowest BCUT2D eigenvalue weighted by atomic mass is 10.2. The smallest absolute Gasteiger partial charge is 0.244 e. The molecule has 1 aromatic carbocycles. The second-order valence-corrected chi connectivity index (χ2v) is 3.51. The van der Waals surface area contributed by atoms with Crippen molar-refractivity contribution in [2.75, 3.05) is 11.4 Å². The molecule has 1 amide bonds. The first-order valence-corrected chi connectivity index (χ1v) is 4.80. The number of rotatable bonds is 1. The number of carbonyl (C=O) groups excluding carboxylic acids is 1. The standard InChI is InChI=1S/C11H11N3O/c12-7-8-3-1-2-4-10(8)14-6-5-9(13)11(14)15/h1-4,9H,5-6,13H2. The summed E-state index contributed by atoms with van der Waals surface area (Å²) in [4.78, 5) is 13.3. The van der Waals surface area contributed by atoms with Crippen LogP contribution in [0.15, 0.2) is 24.3 Å². The third kappa shape index (κ3) is 1.58. The zero-order valence-electron chi connectivity index (χ0n) is 8.18. The summed E-state index contributed by atoms with van der Waals surface area (Å²) in [6.45, 7) is 0.596. The van der Waals surface area contributed by atoms with Crippen molar-refractivity contribution in [1.82, 2.24) is 0 Å². The molecule has 1 heterocycles. The number of amides is 1. The van der Waals surface area contributed by atoms with E-state index >= 15 is 0 Å². The molecule has 2 rings (SSSR count). The summed E-state index contributed by atoms with van der Waals surface area (Å²) in [6.07, 6.45) is 0.651. The first-order chi connectivity index (χ1) is 7.24. The van der Waals surface area contributed by atoms with Crippen LogP contribution in [0.25, 0.3) is 0 Å². The van der Waals surface area contributed by atoms with Gasteiger partial charge in [0.1, 0.15) is 6.07 Å². The number of nitriles is 1. The summed E-state index contributed by atoms with van der Waals surface area (Å²) in [7, 11) is 0. The van der Waals surface area contributed by atoms with Crippen molar-refractivity contribution < 1.29 is 4.79 Å². The molecule has 1 atom stereocenters. The van der Waals surface area contributed by atoms with Crippen molar-refractivity contribution in [1.29, 1.82) is 5.26 Å². The molecule has 0 aromatic heterocycles. The Bertz CT molecular complexity index is 436. The third-order valence-electron chi connectivity index (χ3n) is 2.56. The van der Waals surface area contributed by atoms with Gasteiger partial charge in [0.15, 0.2) is 0 Å². The summed E-state index contributed by atoms with van der Waals surface area (Å²) in [5.41, 5.74) is 6.80. The molecular weight excluding hydrogens is 190 g/mol. The Hall–Kier alpha value is -1.86. The maximum absolute atomic E-state index is 11.7. The van der Waals surface area contributed by atoms with Gasteiger partial charge < -0.3 is 10.6 Å². The Morgan fingerprint density at radius 2 is 2.20 bits per heavy atom. The van der Waals surface area contributed by atoms with E-state index in [1.54, 1.807) is 23.1 Å². The fourth-order valence-electron chi connectivity index (χ4n) is 1.74. The highest BCUT2D eigenvalue weighted by molar-refractivity contribution is 6.00. The Kier molecular flexibility index (Phi) is 2.40. The third-order valence-corrected chi connectivity index (χ3v) is 2.56. The molecule has 15 heavy (non-hydrogen) atoms. The largest absolute Gasteiger partial charge is 0.320 e. The number of nitrogens with two attached hydrogens (primary N) is 1. The molecule has 0 aliphatic carbocycles. The van der Waals surface area contributed by atoms with Crippen LogP contribution in [0.1, 0.15) is 12.0 Å². The zero-order chi connectivity index (χ0) is 10.8. The lowest BCUT2D eigenvalue weighted by molar-refractivity contribution is -0.118. The normalized spacial score (nSPS) is 20.4. The van der Waals surface area contributed by atoms with Crippen molar-refractivity contribution in [3.8, 4) is 6.07 Å². The van der Waals surface area contributed by atoms with E-state index in [4.69, 9.17) is 11.0 Å². The SMILES string of the molecule is N#Cc1ccccc1N1CCC(N)C1=O. The van der Waals surface area contributed by atoms with E-state index in [0.29, 0.717) is 24.2 Å². The maximum atomic E-state index is 11.7. The van der Waals surface area contributed by atoms with Gasteiger partial charge in [-0.1, -0.05) is 12.1 Å². The Morgan fingerprint density at radius 3 is 2.80 bits per heavy atom. The average molecular weight is 201 g/mol. The maximum Gasteiger partial charge on any atom is 0.244 e. The van der Waals surface area contributed by atoms with Gasteiger partial charge in [-0.25, -0.2) is 0 Å².